The SMILES string of the molecule is CCNC(=O)N(Cc1ccc(F)cc1F)C[C@@H]1CC(c2ccccc2C)=NO1. The van der Waals surface area contributed by atoms with Gasteiger partial charge in [0.15, 0.2) is 6.10 Å². The summed E-state index contributed by atoms with van der Waals surface area (Å²) in [5.74, 6) is -1.33. The highest BCUT2D eigenvalue weighted by atomic mass is 19.1. The smallest absolute Gasteiger partial charge is 0.317 e. The zero-order valence-corrected chi connectivity index (χ0v) is 15.9. The minimum Gasteiger partial charge on any atom is -0.390 e. The third-order valence-corrected chi connectivity index (χ3v) is 4.60. The monoisotopic (exact) mass is 387 g/mol. The highest BCUT2D eigenvalue weighted by Crippen LogP contribution is 2.21. The summed E-state index contributed by atoms with van der Waals surface area (Å²) in [6, 6.07) is 10.9. The number of oxime groups is 1. The number of hydrogen-bond acceptors (Lipinski definition) is 3. The number of nitrogens with zero attached hydrogens (tertiary/aromatic N) is 2. The van der Waals surface area contributed by atoms with Crippen LogP contribution in [-0.2, 0) is 11.4 Å². The molecular formula is C21H23F2N3O2. The first-order valence-corrected chi connectivity index (χ1v) is 9.23. The van der Waals surface area contributed by atoms with Gasteiger partial charge in [0, 0.05) is 30.2 Å². The van der Waals surface area contributed by atoms with E-state index in [4.69, 9.17) is 4.84 Å². The molecule has 28 heavy (non-hydrogen) atoms. The Morgan fingerprint density at radius 1 is 1.29 bits per heavy atom. The van der Waals surface area contributed by atoms with Crippen LogP contribution in [0.5, 0.6) is 0 Å². The highest BCUT2D eigenvalue weighted by molar-refractivity contribution is 6.02. The second-order valence-corrected chi connectivity index (χ2v) is 6.74. The fourth-order valence-electron chi connectivity index (χ4n) is 3.17. The third kappa shape index (κ3) is 4.65. The number of carbonyl (C=O) groups excluding carboxylic acids is 1. The van der Waals surface area contributed by atoms with E-state index in [-0.39, 0.29) is 30.8 Å². The molecule has 5 nitrogen and oxygen atoms in total. The summed E-state index contributed by atoms with van der Waals surface area (Å²) in [4.78, 5) is 19.4. The molecule has 1 heterocycles. The lowest BCUT2D eigenvalue weighted by Crippen LogP contribution is -2.43. The predicted octanol–water partition coefficient (Wildman–Crippen LogP) is 4.00. The van der Waals surface area contributed by atoms with Gasteiger partial charge in [-0.2, -0.15) is 0 Å². The van der Waals surface area contributed by atoms with E-state index < -0.39 is 11.6 Å². The van der Waals surface area contributed by atoms with Crippen LogP contribution < -0.4 is 5.32 Å². The summed E-state index contributed by atoms with van der Waals surface area (Å²) >= 11 is 0. The van der Waals surface area contributed by atoms with E-state index in [1.165, 1.54) is 17.0 Å². The minimum atomic E-state index is -0.682. The van der Waals surface area contributed by atoms with Crippen molar-refractivity contribution in [3.8, 4) is 0 Å². The van der Waals surface area contributed by atoms with Crippen molar-refractivity contribution in [2.24, 2.45) is 5.16 Å². The van der Waals surface area contributed by atoms with Gasteiger partial charge in [0.1, 0.15) is 11.6 Å². The molecule has 0 fully saturated rings. The fourth-order valence-corrected chi connectivity index (χ4v) is 3.17. The van der Waals surface area contributed by atoms with Gasteiger partial charge in [-0.25, -0.2) is 13.6 Å². The molecule has 0 saturated heterocycles. The molecule has 2 amide bonds. The Bertz CT molecular complexity index is 886. The van der Waals surface area contributed by atoms with E-state index in [1.54, 1.807) is 6.92 Å². The first-order valence-electron chi connectivity index (χ1n) is 9.23. The Morgan fingerprint density at radius 3 is 2.79 bits per heavy atom. The average Bonchev–Trinajstić information content (AvgIpc) is 3.12. The highest BCUT2D eigenvalue weighted by Gasteiger charge is 2.27. The van der Waals surface area contributed by atoms with Crippen LogP contribution in [0.4, 0.5) is 13.6 Å². The molecule has 0 saturated carbocycles. The molecule has 7 heteroatoms. The number of urea groups is 1. The summed E-state index contributed by atoms with van der Waals surface area (Å²) < 4.78 is 27.2. The lowest BCUT2D eigenvalue weighted by molar-refractivity contribution is 0.0588. The lowest BCUT2D eigenvalue weighted by Gasteiger charge is -2.25. The molecule has 0 bridgehead atoms. The normalized spacial score (nSPS) is 15.7. The molecule has 0 aliphatic carbocycles. The van der Waals surface area contributed by atoms with Crippen LogP contribution in [0.3, 0.4) is 0 Å². The number of halogens is 2. The maximum absolute atomic E-state index is 14.0. The Kier molecular flexibility index (Phi) is 6.23. The van der Waals surface area contributed by atoms with E-state index in [0.717, 1.165) is 22.9 Å². The maximum Gasteiger partial charge on any atom is 0.317 e. The second kappa shape index (κ2) is 8.82. The van der Waals surface area contributed by atoms with Crippen molar-refractivity contribution in [2.45, 2.75) is 32.9 Å². The summed E-state index contributed by atoms with van der Waals surface area (Å²) in [6.07, 6.45) is 0.216. The number of rotatable bonds is 6. The van der Waals surface area contributed by atoms with Crippen LogP contribution in [0.25, 0.3) is 0 Å². The van der Waals surface area contributed by atoms with Gasteiger partial charge in [0.05, 0.1) is 18.8 Å². The average molecular weight is 387 g/mol. The molecule has 1 atom stereocenters. The molecule has 3 rings (SSSR count). The number of amides is 2. The largest absolute Gasteiger partial charge is 0.390 e. The quantitative estimate of drug-likeness (QED) is 0.815. The van der Waals surface area contributed by atoms with Crippen molar-refractivity contribution in [3.63, 3.8) is 0 Å². The molecule has 0 radical (unpaired) electrons. The molecule has 0 aromatic heterocycles. The van der Waals surface area contributed by atoms with Gasteiger partial charge in [0.25, 0.3) is 0 Å². The summed E-state index contributed by atoms with van der Waals surface area (Å²) in [7, 11) is 0. The van der Waals surface area contributed by atoms with E-state index in [2.05, 4.69) is 10.5 Å². The Balaban J connectivity index is 1.70. The maximum atomic E-state index is 14.0. The van der Waals surface area contributed by atoms with Gasteiger partial charge >= 0.3 is 6.03 Å². The molecule has 1 aliphatic rings. The zero-order chi connectivity index (χ0) is 20.1. The van der Waals surface area contributed by atoms with Crippen molar-refractivity contribution < 1.29 is 18.4 Å². The number of hydrogen-bond donors (Lipinski definition) is 1. The van der Waals surface area contributed by atoms with E-state index in [1.807, 2.05) is 31.2 Å². The topological polar surface area (TPSA) is 53.9 Å². The van der Waals surface area contributed by atoms with Gasteiger partial charge in [-0.3, -0.25) is 0 Å². The molecule has 1 aliphatic heterocycles. The summed E-state index contributed by atoms with van der Waals surface area (Å²) in [5, 5.41) is 6.90. The molecule has 0 spiro atoms. The van der Waals surface area contributed by atoms with E-state index in [0.29, 0.717) is 13.0 Å². The van der Waals surface area contributed by atoms with Crippen LogP contribution in [0.15, 0.2) is 47.6 Å². The van der Waals surface area contributed by atoms with Gasteiger partial charge in [0.2, 0.25) is 0 Å². The van der Waals surface area contributed by atoms with E-state index >= 15 is 0 Å². The van der Waals surface area contributed by atoms with Gasteiger partial charge in [-0.05, 0) is 25.5 Å². The molecule has 2 aromatic rings. The predicted molar refractivity (Wildman–Crippen MR) is 103 cm³/mol. The van der Waals surface area contributed by atoms with Crippen molar-refractivity contribution >= 4 is 11.7 Å². The number of benzene rings is 2. The lowest BCUT2D eigenvalue weighted by atomic mass is 10.0. The molecule has 148 valence electrons. The number of carbonyl (C=O) groups is 1. The summed E-state index contributed by atoms with van der Waals surface area (Å²) in [6.45, 7) is 4.50. The summed E-state index contributed by atoms with van der Waals surface area (Å²) in [5.41, 5.74) is 3.18. The van der Waals surface area contributed by atoms with Gasteiger partial charge in [-0.1, -0.05) is 35.5 Å². The first-order chi connectivity index (χ1) is 13.5. The zero-order valence-electron chi connectivity index (χ0n) is 15.9. The third-order valence-electron chi connectivity index (χ3n) is 4.60. The van der Waals surface area contributed by atoms with Crippen LogP contribution in [0.1, 0.15) is 30.0 Å². The van der Waals surface area contributed by atoms with Crippen LogP contribution in [0, 0.1) is 18.6 Å². The fraction of sp³-hybridized carbons (Fsp3) is 0.333. The second-order valence-electron chi connectivity index (χ2n) is 6.74. The Morgan fingerprint density at radius 2 is 2.07 bits per heavy atom. The number of aryl methyl sites for hydroxylation is 1. The van der Waals surface area contributed by atoms with Crippen LogP contribution >= 0.6 is 0 Å². The number of nitrogens with one attached hydrogen (secondary N) is 1. The van der Waals surface area contributed by atoms with Crippen molar-refractivity contribution in [2.75, 3.05) is 13.1 Å². The first kappa shape index (κ1) is 19.8. The van der Waals surface area contributed by atoms with Crippen molar-refractivity contribution in [3.05, 3.63) is 70.8 Å². The molecule has 2 aromatic carbocycles. The van der Waals surface area contributed by atoms with E-state index in [9.17, 15) is 13.6 Å². The van der Waals surface area contributed by atoms with Crippen molar-refractivity contribution in [1.29, 1.82) is 0 Å². The molecule has 1 N–H and O–H groups in total. The molecule has 0 unspecified atom stereocenters. The standard InChI is InChI=1S/C21H23F2N3O2/c1-3-24-21(27)26(12-15-8-9-16(22)10-19(15)23)13-17-11-20(25-28-17)18-7-5-4-6-14(18)2/h4-10,17H,3,11-13H2,1-2H3,(H,24,27)/t17-/m0/s1. The van der Waals surface area contributed by atoms with Crippen molar-refractivity contribution in [1.82, 2.24) is 10.2 Å². The van der Waals surface area contributed by atoms with Crippen LogP contribution in [-0.4, -0.2) is 35.8 Å². The van der Waals surface area contributed by atoms with Crippen LogP contribution in [0.2, 0.25) is 0 Å². The Hall–Kier alpha value is -2.96. The molecular weight excluding hydrogens is 364 g/mol. The Labute approximate surface area is 163 Å². The van der Waals surface area contributed by atoms with Gasteiger partial charge < -0.3 is 15.1 Å². The minimum absolute atomic E-state index is 0.0114. The van der Waals surface area contributed by atoms with Gasteiger partial charge in [-0.15, -0.1) is 0 Å².